The molecule has 0 aliphatic carbocycles. The summed E-state index contributed by atoms with van der Waals surface area (Å²) in [4.78, 5) is 23.0. The number of nitrogens with zero attached hydrogens (tertiary/aromatic N) is 3. The first kappa shape index (κ1) is 18.9. The number of carboxylic acid groups (broad SMARTS) is 1. The van der Waals surface area contributed by atoms with Gasteiger partial charge in [-0.15, -0.1) is 5.10 Å². The predicted molar refractivity (Wildman–Crippen MR) is 84.1 cm³/mol. The molecule has 0 aromatic carbocycles. The first-order valence-corrected chi connectivity index (χ1v) is 7.76. The largest absolute Gasteiger partial charge is 0.476 e. The molecular formula is C15H26N4O4. The van der Waals surface area contributed by atoms with Gasteiger partial charge in [0.25, 0.3) is 0 Å². The molecule has 1 amide bonds. The van der Waals surface area contributed by atoms with E-state index in [1.165, 1.54) is 0 Å². The average Bonchev–Trinajstić information content (AvgIpc) is 2.77. The zero-order chi connectivity index (χ0) is 17.6. The van der Waals surface area contributed by atoms with Gasteiger partial charge in [-0.1, -0.05) is 25.5 Å². The fourth-order valence-corrected chi connectivity index (χ4v) is 2.17. The molecule has 23 heavy (non-hydrogen) atoms. The topological polar surface area (TPSA) is 106 Å². The van der Waals surface area contributed by atoms with Crippen LogP contribution >= 0.6 is 0 Å². The van der Waals surface area contributed by atoms with Gasteiger partial charge in [-0.3, -0.25) is 0 Å². The van der Waals surface area contributed by atoms with Gasteiger partial charge >= 0.3 is 12.1 Å². The molecule has 0 saturated heterocycles. The van der Waals surface area contributed by atoms with Crippen LogP contribution in [0.3, 0.4) is 0 Å². The number of ether oxygens (including phenoxy) is 1. The third-order valence-electron chi connectivity index (χ3n) is 3.11. The molecular weight excluding hydrogens is 300 g/mol. The normalized spacial score (nSPS) is 12.7. The molecule has 8 heteroatoms. The Balaban J connectivity index is 2.83. The van der Waals surface area contributed by atoms with E-state index in [1.54, 1.807) is 25.5 Å². The molecule has 1 atom stereocenters. The summed E-state index contributed by atoms with van der Waals surface area (Å²) >= 11 is 0. The second-order valence-corrected chi connectivity index (χ2v) is 6.62. The minimum absolute atomic E-state index is 0.00237. The van der Waals surface area contributed by atoms with E-state index in [2.05, 4.69) is 29.5 Å². The van der Waals surface area contributed by atoms with Crippen LogP contribution in [0.5, 0.6) is 0 Å². The molecule has 0 saturated carbocycles. The van der Waals surface area contributed by atoms with Crippen LogP contribution in [0.2, 0.25) is 0 Å². The van der Waals surface area contributed by atoms with Crippen molar-refractivity contribution in [2.75, 3.05) is 0 Å². The predicted octanol–water partition coefficient (Wildman–Crippen LogP) is 2.44. The summed E-state index contributed by atoms with van der Waals surface area (Å²) in [7, 11) is 0. The number of carbonyl (C=O) groups excluding carboxylic acids is 1. The summed E-state index contributed by atoms with van der Waals surface area (Å²) in [5.74, 6) is -0.830. The Bertz CT molecular complexity index is 548. The smallest absolute Gasteiger partial charge is 0.407 e. The van der Waals surface area contributed by atoms with E-state index in [0.717, 1.165) is 12.8 Å². The van der Waals surface area contributed by atoms with E-state index < -0.39 is 17.7 Å². The van der Waals surface area contributed by atoms with Gasteiger partial charge in [0.15, 0.2) is 5.69 Å². The molecule has 0 aliphatic heterocycles. The Morgan fingerprint density at radius 2 is 2.04 bits per heavy atom. The molecule has 1 aromatic rings. The van der Waals surface area contributed by atoms with Crippen LogP contribution in [0.4, 0.5) is 4.79 Å². The van der Waals surface area contributed by atoms with E-state index in [4.69, 9.17) is 4.74 Å². The quantitative estimate of drug-likeness (QED) is 0.797. The maximum absolute atomic E-state index is 11.7. The minimum atomic E-state index is -1.17. The van der Waals surface area contributed by atoms with Crippen molar-refractivity contribution in [3.05, 3.63) is 11.4 Å². The lowest BCUT2D eigenvalue weighted by molar-refractivity contribution is 0.0519. The van der Waals surface area contributed by atoms with Crippen molar-refractivity contribution >= 4 is 12.1 Å². The molecule has 0 radical (unpaired) electrons. The standard InChI is InChI=1S/C15H26N4O4/c1-6-7-10(2)9-19-11(12(13(20)21)17-18-19)8-16-14(22)23-15(3,4)5/h10H,6-9H2,1-5H3,(H,16,22)(H,20,21). The van der Waals surface area contributed by atoms with Crippen molar-refractivity contribution in [1.29, 1.82) is 0 Å². The van der Waals surface area contributed by atoms with Crippen molar-refractivity contribution in [3.63, 3.8) is 0 Å². The van der Waals surface area contributed by atoms with Gasteiger partial charge in [-0.2, -0.15) is 0 Å². The summed E-state index contributed by atoms with van der Waals surface area (Å²) in [6.07, 6.45) is 1.43. The van der Waals surface area contributed by atoms with Crippen molar-refractivity contribution in [1.82, 2.24) is 20.3 Å². The lowest BCUT2D eigenvalue weighted by Crippen LogP contribution is -2.33. The SMILES string of the molecule is CCCC(C)Cn1nnc(C(=O)O)c1CNC(=O)OC(C)(C)C. The monoisotopic (exact) mass is 326 g/mol. The van der Waals surface area contributed by atoms with Gasteiger partial charge in [0, 0.05) is 6.54 Å². The summed E-state index contributed by atoms with van der Waals surface area (Å²) in [5, 5.41) is 19.4. The van der Waals surface area contributed by atoms with Crippen molar-refractivity contribution in [2.24, 2.45) is 5.92 Å². The number of rotatable bonds is 7. The lowest BCUT2D eigenvalue weighted by Gasteiger charge is -2.20. The highest BCUT2D eigenvalue weighted by molar-refractivity contribution is 5.86. The van der Waals surface area contributed by atoms with Crippen LogP contribution in [0.1, 0.15) is 63.6 Å². The van der Waals surface area contributed by atoms with Gasteiger partial charge in [0.05, 0.1) is 12.2 Å². The summed E-state index contributed by atoms with van der Waals surface area (Å²) in [6, 6.07) is 0. The van der Waals surface area contributed by atoms with Crippen LogP contribution in [-0.4, -0.2) is 37.8 Å². The van der Waals surface area contributed by atoms with Crippen molar-refractivity contribution in [2.45, 2.75) is 66.2 Å². The number of nitrogens with one attached hydrogen (secondary N) is 1. The van der Waals surface area contributed by atoms with Gasteiger partial charge in [-0.25, -0.2) is 14.3 Å². The molecule has 8 nitrogen and oxygen atoms in total. The molecule has 1 aromatic heterocycles. The van der Waals surface area contributed by atoms with Crippen LogP contribution in [0.15, 0.2) is 0 Å². The minimum Gasteiger partial charge on any atom is -0.476 e. The first-order valence-electron chi connectivity index (χ1n) is 7.76. The van der Waals surface area contributed by atoms with E-state index in [1.807, 2.05) is 0 Å². The molecule has 2 N–H and O–H groups in total. The van der Waals surface area contributed by atoms with E-state index in [0.29, 0.717) is 18.2 Å². The van der Waals surface area contributed by atoms with E-state index >= 15 is 0 Å². The highest BCUT2D eigenvalue weighted by Gasteiger charge is 2.22. The number of aromatic carboxylic acids is 1. The van der Waals surface area contributed by atoms with E-state index in [9.17, 15) is 14.7 Å². The van der Waals surface area contributed by atoms with Crippen LogP contribution in [-0.2, 0) is 17.8 Å². The fraction of sp³-hybridized carbons (Fsp3) is 0.733. The first-order chi connectivity index (χ1) is 10.6. The molecule has 130 valence electrons. The maximum Gasteiger partial charge on any atom is 0.407 e. The number of aromatic nitrogens is 3. The number of hydrogen-bond acceptors (Lipinski definition) is 5. The molecule has 0 aliphatic rings. The third kappa shape index (κ3) is 6.25. The molecule has 1 rings (SSSR count). The van der Waals surface area contributed by atoms with Gasteiger partial charge < -0.3 is 15.2 Å². The Morgan fingerprint density at radius 1 is 1.39 bits per heavy atom. The number of carboxylic acids is 1. The van der Waals surface area contributed by atoms with E-state index in [-0.39, 0.29) is 12.2 Å². The Kier molecular flexibility index (Phi) is 6.53. The van der Waals surface area contributed by atoms with Crippen molar-refractivity contribution < 1.29 is 19.4 Å². The maximum atomic E-state index is 11.7. The lowest BCUT2D eigenvalue weighted by atomic mass is 10.1. The fourth-order valence-electron chi connectivity index (χ4n) is 2.17. The Morgan fingerprint density at radius 3 is 2.57 bits per heavy atom. The third-order valence-corrected chi connectivity index (χ3v) is 3.11. The average molecular weight is 326 g/mol. The zero-order valence-corrected chi connectivity index (χ0v) is 14.4. The van der Waals surface area contributed by atoms with Crippen LogP contribution < -0.4 is 5.32 Å². The molecule has 1 unspecified atom stereocenters. The second kappa shape index (κ2) is 7.94. The van der Waals surface area contributed by atoms with Crippen molar-refractivity contribution in [3.8, 4) is 0 Å². The Labute approximate surface area is 136 Å². The van der Waals surface area contributed by atoms with Gasteiger partial charge in [0.2, 0.25) is 0 Å². The highest BCUT2D eigenvalue weighted by Crippen LogP contribution is 2.13. The second-order valence-electron chi connectivity index (χ2n) is 6.62. The molecule has 1 heterocycles. The van der Waals surface area contributed by atoms with Crippen LogP contribution in [0, 0.1) is 5.92 Å². The number of amides is 1. The zero-order valence-electron chi connectivity index (χ0n) is 14.4. The van der Waals surface area contributed by atoms with Gasteiger partial charge in [-0.05, 0) is 33.1 Å². The highest BCUT2D eigenvalue weighted by atomic mass is 16.6. The van der Waals surface area contributed by atoms with Crippen LogP contribution in [0.25, 0.3) is 0 Å². The number of alkyl carbamates (subject to hydrolysis) is 1. The summed E-state index contributed by atoms with van der Waals surface area (Å²) in [6.45, 7) is 9.98. The summed E-state index contributed by atoms with van der Waals surface area (Å²) in [5.41, 5.74) is -0.399. The molecule has 0 fully saturated rings. The Hall–Kier alpha value is -2.12. The summed E-state index contributed by atoms with van der Waals surface area (Å²) < 4.78 is 6.69. The number of carbonyl (C=O) groups is 2. The number of hydrogen-bond donors (Lipinski definition) is 2. The molecule has 0 bridgehead atoms. The van der Waals surface area contributed by atoms with Gasteiger partial charge in [0.1, 0.15) is 5.60 Å². The molecule has 0 spiro atoms.